The molecular weight excluding hydrogens is 442 g/mol. The van der Waals surface area contributed by atoms with Crippen molar-refractivity contribution in [3.05, 3.63) is 105 Å². The normalized spacial score (nSPS) is 13.5. The van der Waals surface area contributed by atoms with Gasteiger partial charge in [0.05, 0.1) is 18.4 Å². The highest BCUT2D eigenvalue weighted by Gasteiger charge is 2.22. The summed E-state index contributed by atoms with van der Waals surface area (Å²) in [6.07, 6.45) is 2.05. The fourth-order valence-electron chi connectivity index (χ4n) is 4.10. The average molecular weight is 476 g/mol. The summed E-state index contributed by atoms with van der Waals surface area (Å²) in [5.74, 6) is -0.265. The number of aliphatic hydroxyl groups excluding tert-OH is 1. The van der Waals surface area contributed by atoms with E-state index in [1.54, 1.807) is 31.4 Å². The third-order valence-corrected chi connectivity index (χ3v) is 6.39. The first-order chi connectivity index (χ1) is 16.7. The van der Waals surface area contributed by atoms with Gasteiger partial charge in [-0.1, -0.05) is 55.4 Å². The van der Waals surface area contributed by atoms with E-state index in [0.717, 1.165) is 16.7 Å². The first-order valence-electron chi connectivity index (χ1n) is 11.7. The molecule has 3 N–H and O–H groups in total. The van der Waals surface area contributed by atoms with Crippen molar-refractivity contribution >= 4 is 11.6 Å². The Balaban J connectivity index is 1.95. The molecule has 35 heavy (non-hydrogen) atoms. The molecule has 0 aliphatic carbocycles. The van der Waals surface area contributed by atoms with Gasteiger partial charge in [0.1, 0.15) is 0 Å². The Kier molecular flexibility index (Phi) is 8.60. The third-order valence-electron chi connectivity index (χ3n) is 6.39. The van der Waals surface area contributed by atoms with Crippen LogP contribution in [0.15, 0.2) is 76.8 Å². The molecule has 0 saturated carbocycles. The summed E-state index contributed by atoms with van der Waals surface area (Å²) in [7, 11) is 1.66. The van der Waals surface area contributed by atoms with E-state index in [1.165, 1.54) is 10.6 Å². The highest BCUT2D eigenvalue weighted by molar-refractivity contribution is 6.00. The first-order valence-corrected chi connectivity index (χ1v) is 11.7. The summed E-state index contributed by atoms with van der Waals surface area (Å²) in [4.78, 5) is 24.5. The van der Waals surface area contributed by atoms with Crippen molar-refractivity contribution in [2.75, 3.05) is 6.61 Å². The van der Waals surface area contributed by atoms with Gasteiger partial charge >= 0.3 is 0 Å². The Bertz CT molecular complexity index is 1250. The third kappa shape index (κ3) is 6.25. The van der Waals surface area contributed by atoms with E-state index in [4.69, 9.17) is 0 Å². The molecule has 3 rings (SSSR count). The van der Waals surface area contributed by atoms with Gasteiger partial charge in [0, 0.05) is 42.8 Å². The van der Waals surface area contributed by atoms with Crippen molar-refractivity contribution in [3.63, 3.8) is 0 Å². The van der Waals surface area contributed by atoms with E-state index in [-0.39, 0.29) is 36.0 Å². The number of hydrogen-bond acceptors (Lipinski definition) is 5. The van der Waals surface area contributed by atoms with Crippen molar-refractivity contribution in [2.24, 2.45) is 18.1 Å². The predicted octanol–water partition coefficient (Wildman–Crippen LogP) is 3.84. The number of rotatable bonds is 9. The molecule has 1 aromatic heterocycles. The van der Waals surface area contributed by atoms with Crippen LogP contribution in [0, 0.1) is 12.8 Å². The van der Waals surface area contributed by atoms with Crippen LogP contribution in [-0.4, -0.2) is 39.1 Å². The van der Waals surface area contributed by atoms with Gasteiger partial charge in [0.2, 0.25) is 5.56 Å². The first kappa shape index (κ1) is 25.9. The van der Waals surface area contributed by atoms with E-state index in [0.29, 0.717) is 23.3 Å². The second kappa shape index (κ2) is 11.6. The van der Waals surface area contributed by atoms with Crippen LogP contribution in [0.2, 0.25) is 0 Å². The van der Waals surface area contributed by atoms with Crippen LogP contribution >= 0.6 is 0 Å². The van der Waals surface area contributed by atoms with Gasteiger partial charge in [-0.15, -0.1) is 0 Å². The van der Waals surface area contributed by atoms with Crippen molar-refractivity contribution in [1.29, 1.82) is 0 Å². The summed E-state index contributed by atoms with van der Waals surface area (Å²) in [5.41, 5.74) is 4.62. The molecule has 7 nitrogen and oxygen atoms in total. The van der Waals surface area contributed by atoms with Crippen LogP contribution in [-0.2, 0) is 7.05 Å². The van der Waals surface area contributed by atoms with Gasteiger partial charge in [-0.25, -0.2) is 0 Å². The van der Waals surface area contributed by atoms with E-state index in [1.807, 2.05) is 57.2 Å². The molecule has 0 fully saturated rings. The maximum absolute atomic E-state index is 12.7. The monoisotopic (exact) mass is 475 g/mol. The summed E-state index contributed by atoms with van der Waals surface area (Å²) >= 11 is 0. The molecule has 0 radical (unpaired) electrons. The minimum absolute atomic E-state index is 0.113. The second-order valence-corrected chi connectivity index (χ2v) is 9.16. The quantitative estimate of drug-likeness (QED) is 0.248. The van der Waals surface area contributed by atoms with Crippen LogP contribution in [0.1, 0.15) is 58.8 Å². The number of nitrogens with zero attached hydrogens (tertiary/aromatic N) is 2. The van der Waals surface area contributed by atoms with Crippen molar-refractivity contribution in [1.82, 2.24) is 9.88 Å². The van der Waals surface area contributed by atoms with E-state index in [9.17, 15) is 19.9 Å². The summed E-state index contributed by atoms with van der Waals surface area (Å²) in [6.45, 7) is 5.81. The summed E-state index contributed by atoms with van der Waals surface area (Å²) in [5, 5.41) is 25.8. The Morgan fingerprint density at radius 1 is 1.03 bits per heavy atom. The number of aromatic nitrogens is 1. The van der Waals surface area contributed by atoms with E-state index < -0.39 is 0 Å². The molecule has 184 valence electrons. The predicted molar refractivity (Wildman–Crippen MR) is 137 cm³/mol. The van der Waals surface area contributed by atoms with Gasteiger partial charge in [-0.3, -0.25) is 9.59 Å². The SMILES string of the molecule is Cc1ccccc1C(CC(=NO)c1ccc(=O)n(C)c1)c1ccc(C(=O)NC(CO)C(C)C)cc1. The lowest BCUT2D eigenvalue weighted by Crippen LogP contribution is -2.41. The minimum Gasteiger partial charge on any atom is -0.411 e. The number of carbonyl (C=O) groups is 1. The lowest BCUT2D eigenvalue weighted by atomic mass is 9.83. The molecule has 0 saturated heterocycles. The number of oxime groups is 1. The Hall–Kier alpha value is -3.71. The molecule has 0 spiro atoms. The number of amides is 1. The summed E-state index contributed by atoms with van der Waals surface area (Å²) in [6, 6.07) is 18.2. The highest BCUT2D eigenvalue weighted by Crippen LogP contribution is 2.32. The number of aliphatic hydroxyl groups is 1. The zero-order valence-electron chi connectivity index (χ0n) is 20.6. The van der Waals surface area contributed by atoms with Gasteiger partial charge in [0.25, 0.3) is 5.91 Å². The van der Waals surface area contributed by atoms with Crippen molar-refractivity contribution < 1.29 is 15.1 Å². The number of nitrogens with one attached hydrogen (secondary N) is 1. The molecule has 3 aromatic rings. The number of hydrogen-bond donors (Lipinski definition) is 3. The maximum atomic E-state index is 12.7. The van der Waals surface area contributed by atoms with Gasteiger partial charge in [-0.05, 0) is 47.7 Å². The molecule has 1 heterocycles. The zero-order chi connectivity index (χ0) is 25.5. The minimum atomic E-state index is -0.313. The van der Waals surface area contributed by atoms with Gasteiger partial charge in [-0.2, -0.15) is 0 Å². The Morgan fingerprint density at radius 2 is 1.69 bits per heavy atom. The topological polar surface area (TPSA) is 104 Å². The fraction of sp³-hybridized carbons (Fsp3) is 0.321. The summed E-state index contributed by atoms with van der Waals surface area (Å²) < 4.78 is 1.45. The molecular formula is C28H33N3O4. The number of pyridine rings is 1. The lowest BCUT2D eigenvalue weighted by molar-refractivity contribution is 0.0897. The van der Waals surface area contributed by atoms with Crippen LogP contribution in [0.3, 0.4) is 0 Å². The van der Waals surface area contributed by atoms with Gasteiger partial charge in [0.15, 0.2) is 0 Å². The zero-order valence-corrected chi connectivity index (χ0v) is 20.6. The number of benzene rings is 2. The second-order valence-electron chi connectivity index (χ2n) is 9.16. The average Bonchev–Trinajstić information content (AvgIpc) is 2.85. The maximum Gasteiger partial charge on any atom is 0.251 e. The molecule has 7 heteroatoms. The van der Waals surface area contributed by atoms with E-state index in [2.05, 4.69) is 10.5 Å². The van der Waals surface area contributed by atoms with Gasteiger partial charge < -0.3 is 20.2 Å². The molecule has 2 atom stereocenters. The molecule has 2 unspecified atom stereocenters. The molecule has 1 amide bonds. The Labute approximate surface area is 205 Å². The molecule has 0 bridgehead atoms. The van der Waals surface area contributed by atoms with Crippen LogP contribution in [0.25, 0.3) is 0 Å². The molecule has 0 aliphatic rings. The number of carbonyl (C=O) groups excluding carboxylic acids is 1. The standard InChI is InChI=1S/C28H33N3O4/c1-18(2)26(17-32)29-28(34)21-11-9-20(10-12-21)24(23-8-6-5-7-19(23)3)15-25(30-35)22-13-14-27(33)31(4)16-22/h5-14,16,18,24,26,32,35H,15,17H2,1-4H3,(H,29,34). The van der Waals surface area contributed by atoms with E-state index >= 15 is 0 Å². The Morgan fingerprint density at radius 3 is 2.26 bits per heavy atom. The van der Waals surface area contributed by atoms with Crippen molar-refractivity contribution in [3.8, 4) is 0 Å². The number of aryl methyl sites for hydroxylation is 2. The van der Waals surface area contributed by atoms with Crippen LogP contribution in [0.4, 0.5) is 0 Å². The highest BCUT2D eigenvalue weighted by atomic mass is 16.4. The van der Waals surface area contributed by atoms with Crippen molar-refractivity contribution in [2.45, 2.75) is 39.2 Å². The fourth-order valence-corrected chi connectivity index (χ4v) is 4.10. The lowest BCUT2D eigenvalue weighted by Gasteiger charge is -2.22. The molecule has 2 aromatic carbocycles. The smallest absolute Gasteiger partial charge is 0.251 e. The largest absolute Gasteiger partial charge is 0.411 e. The van der Waals surface area contributed by atoms with Crippen LogP contribution < -0.4 is 10.9 Å². The molecule has 0 aliphatic heterocycles. The van der Waals surface area contributed by atoms with Crippen LogP contribution in [0.5, 0.6) is 0 Å².